The highest BCUT2D eigenvalue weighted by atomic mass is 35.5. The summed E-state index contributed by atoms with van der Waals surface area (Å²) < 4.78 is 4.01. The van der Waals surface area contributed by atoms with E-state index in [0.29, 0.717) is 51.8 Å². The predicted molar refractivity (Wildman–Crippen MR) is 142 cm³/mol. The smallest absolute Gasteiger partial charge is 0.337 e. The van der Waals surface area contributed by atoms with Gasteiger partial charge in [-0.1, -0.05) is 29.8 Å². The highest BCUT2D eigenvalue weighted by Gasteiger charge is 2.27. The monoisotopic (exact) mass is 533 g/mol. The number of thiophene rings is 1. The van der Waals surface area contributed by atoms with Crippen molar-refractivity contribution >= 4 is 44.7 Å². The first-order valence-corrected chi connectivity index (χ1v) is 12.8. The van der Waals surface area contributed by atoms with Gasteiger partial charge >= 0.3 is 5.69 Å². The summed E-state index contributed by atoms with van der Waals surface area (Å²) in [4.78, 5) is 60.1. The largest absolute Gasteiger partial charge is 0.337 e. The molecule has 0 bridgehead atoms. The lowest BCUT2D eigenvalue weighted by atomic mass is 10.1. The van der Waals surface area contributed by atoms with Crippen molar-refractivity contribution in [2.75, 3.05) is 6.54 Å². The Morgan fingerprint density at radius 2 is 1.89 bits per heavy atom. The molecule has 0 atom stereocenters. The van der Waals surface area contributed by atoms with Crippen LogP contribution in [0.4, 0.5) is 0 Å². The number of hydrogen-bond acceptors (Lipinski definition) is 6. The highest BCUT2D eigenvalue weighted by Crippen LogP contribution is 2.33. The number of amides is 1. The summed E-state index contributed by atoms with van der Waals surface area (Å²) in [5.74, 6) is -0.0388. The van der Waals surface area contributed by atoms with Crippen LogP contribution in [0.2, 0.25) is 5.02 Å². The van der Waals surface area contributed by atoms with Crippen molar-refractivity contribution in [3.63, 3.8) is 0 Å². The molecule has 37 heavy (non-hydrogen) atoms. The number of halogens is 1. The van der Waals surface area contributed by atoms with E-state index in [2.05, 4.69) is 4.98 Å². The van der Waals surface area contributed by atoms with Crippen LogP contribution in [0.3, 0.4) is 0 Å². The zero-order chi connectivity index (χ0) is 25.8. The second kappa shape index (κ2) is 8.82. The lowest BCUT2D eigenvalue weighted by Crippen LogP contribution is -2.39. The van der Waals surface area contributed by atoms with E-state index in [1.807, 2.05) is 6.07 Å². The fourth-order valence-electron chi connectivity index (χ4n) is 4.79. The van der Waals surface area contributed by atoms with Gasteiger partial charge in [0.15, 0.2) is 0 Å². The Bertz CT molecular complexity index is 1900. The SMILES string of the molecule is CC(=O)N1CCc2c(sc3c2c(=O)n(-c2ccccc2)c(=O)n3Cc2cc(=O)n3cc(Cl)ccc3n2)C1. The van der Waals surface area contributed by atoms with E-state index in [1.54, 1.807) is 41.3 Å². The van der Waals surface area contributed by atoms with Crippen LogP contribution < -0.4 is 16.8 Å². The van der Waals surface area contributed by atoms with Gasteiger partial charge in [-0.2, -0.15) is 0 Å². The van der Waals surface area contributed by atoms with Gasteiger partial charge in [0.1, 0.15) is 10.5 Å². The van der Waals surface area contributed by atoms with Crippen LogP contribution >= 0.6 is 22.9 Å². The van der Waals surface area contributed by atoms with Crippen LogP contribution in [-0.4, -0.2) is 35.9 Å². The van der Waals surface area contributed by atoms with Crippen LogP contribution in [0.5, 0.6) is 0 Å². The summed E-state index contributed by atoms with van der Waals surface area (Å²) in [6.07, 6.45) is 2.01. The van der Waals surface area contributed by atoms with E-state index in [9.17, 15) is 19.2 Å². The van der Waals surface area contributed by atoms with Gasteiger partial charge in [-0.15, -0.1) is 11.3 Å². The number of aromatic nitrogens is 4. The average molecular weight is 534 g/mol. The number of hydrogen-bond donors (Lipinski definition) is 0. The molecule has 5 aromatic rings. The molecule has 186 valence electrons. The fraction of sp³-hybridized carbons (Fsp3) is 0.192. The van der Waals surface area contributed by atoms with Crippen molar-refractivity contribution in [2.45, 2.75) is 26.4 Å². The first-order chi connectivity index (χ1) is 17.8. The molecule has 4 aromatic heterocycles. The molecule has 0 aliphatic carbocycles. The molecule has 0 N–H and O–H groups in total. The van der Waals surface area contributed by atoms with Crippen LogP contribution in [0.15, 0.2) is 69.1 Å². The number of carbonyl (C=O) groups is 1. The van der Waals surface area contributed by atoms with Crippen molar-refractivity contribution in [2.24, 2.45) is 0 Å². The Labute approximate surface area is 218 Å². The Hall–Kier alpha value is -4.02. The van der Waals surface area contributed by atoms with Crippen LogP contribution in [-0.2, 0) is 24.3 Å². The molecule has 1 aromatic carbocycles. The van der Waals surface area contributed by atoms with Crippen molar-refractivity contribution in [3.05, 3.63) is 107 Å². The second-order valence-corrected chi connectivity index (χ2v) is 10.4. The minimum absolute atomic E-state index is 0.00731. The first kappa shape index (κ1) is 23.4. The number of nitrogens with zero attached hydrogens (tertiary/aromatic N) is 5. The van der Waals surface area contributed by atoms with E-state index in [4.69, 9.17) is 11.6 Å². The van der Waals surface area contributed by atoms with Crippen molar-refractivity contribution in [3.8, 4) is 5.69 Å². The number of fused-ring (bicyclic) bond motifs is 4. The van der Waals surface area contributed by atoms with Gasteiger partial charge in [0, 0.05) is 30.6 Å². The summed E-state index contributed by atoms with van der Waals surface area (Å²) in [5, 5.41) is 0.872. The van der Waals surface area contributed by atoms with Gasteiger partial charge in [0.05, 0.1) is 34.9 Å². The molecule has 5 heterocycles. The second-order valence-electron chi connectivity index (χ2n) is 8.88. The Morgan fingerprint density at radius 3 is 2.65 bits per heavy atom. The van der Waals surface area contributed by atoms with Gasteiger partial charge in [0.25, 0.3) is 11.1 Å². The molecule has 0 spiro atoms. The first-order valence-electron chi connectivity index (χ1n) is 11.6. The molecule has 9 nitrogen and oxygen atoms in total. The summed E-state index contributed by atoms with van der Waals surface area (Å²) >= 11 is 7.36. The van der Waals surface area contributed by atoms with Gasteiger partial charge < -0.3 is 4.90 Å². The third-order valence-corrected chi connectivity index (χ3v) is 8.04. The maximum atomic E-state index is 13.8. The molecular formula is C26H20ClN5O4S. The van der Waals surface area contributed by atoms with Crippen LogP contribution in [0.1, 0.15) is 23.1 Å². The van der Waals surface area contributed by atoms with E-state index in [0.717, 1.165) is 10.4 Å². The Kier molecular flexibility index (Phi) is 5.58. The maximum absolute atomic E-state index is 13.8. The summed E-state index contributed by atoms with van der Waals surface area (Å²) in [6.45, 7) is 2.41. The molecule has 1 aliphatic rings. The van der Waals surface area contributed by atoms with Crippen molar-refractivity contribution < 1.29 is 4.79 Å². The minimum Gasteiger partial charge on any atom is -0.337 e. The molecule has 0 saturated heterocycles. The topological polar surface area (TPSA) is 98.7 Å². The summed E-state index contributed by atoms with van der Waals surface area (Å²) in [6, 6.07) is 13.4. The van der Waals surface area contributed by atoms with E-state index in [1.165, 1.54) is 44.1 Å². The molecule has 0 radical (unpaired) electrons. The lowest BCUT2D eigenvalue weighted by molar-refractivity contribution is -0.129. The average Bonchev–Trinajstić information content (AvgIpc) is 3.27. The highest BCUT2D eigenvalue weighted by molar-refractivity contribution is 7.18. The fourth-order valence-corrected chi connectivity index (χ4v) is 6.30. The molecular weight excluding hydrogens is 514 g/mol. The third-order valence-electron chi connectivity index (χ3n) is 6.58. The van der Waals surface area contributed by atoms with Crippen molar-refractivity contribution in [1.29, 1.82) is 0 Å². The van der Waals surface area contributed by atoms with Crippen LogP contribution in [0.25, 0.3) is 21.6 Å². The summed E-state index contributed by atoms with van der Waals surface area (Å²) in [7, 11) is 0. The number of pyridine rings is 1. The minimum atomic E-state index is -0.524. The molecule has 11 heteroatoms. The predicted octanol–water partition coefficient (Wildman–Crippen LogP) is 2.83. The van der Waals surface area contributed by atoms with Crippen molar-refractivity contribution in [1.82, 2.24) is 23.4 Å². The normalized spacial score (nSPS) is 13.3. The maximum Gasteiger partial charge on any atom is 0.337 e. The number of para-hydroxylation sites is 1. The standard InChI is InChI=1S/C26H20ClN5O4S/c1-15(33)29-10-9-19-20(14-29)37-25-23(19)24(35)32(18-5-3-2-4-6-18)26(36)31(25)13-17-11-22(34)30-12-16(27)7-8-21(30)28-17/h2-8,11-12H,9-10,13-14H2,1H3. The van der Waals surface area contributed by atoms with Gasteiger partial charge in [-0.25, -0.2) is 14.3 Å². The Balaban J connectivity index is 1.61. The molecule has 1 aliphatic heterocycles. The number of benzene rings is 1. The van der Waals surface area contributed by atoms with E-state index >= 15 is 0 Å². The number of carbonyl (C=O) groups excluding carboxylic acids is 1. The lowest BCUT2D eigenvalue weighted by Gasteiger charge is -2.25. The van der Waals surface area contributed by atoms with Gasteiger partial charge in [0.2, 0.25) is 5.91 Å². The Morgan fingerprint density at radius 1 is 1.11 bits per heavy atom. The van der Waals surface area contributed by atoms with Gasteiger partial charge in [-0.05, 0) is 36.2 Å². The van der Waals surface area contributed by atoms with E-state index in [-0.39, 0.29) is 18.0 Å². The molecule has 0 unspecified atom stereocenters. The van der Waals surface area contributed by atoms with Crippen LogP contribution in [0, 0.1) is 0 Å². The van der Waals surface area contributed by atoms with Gasteiger partial charge in [-0.3, -0.25) is 23.4 Å². The zero-order valence-corrected chi connectivity index (χ0v) is 21.3. The molecule has 0 saturated carbocycles. The quantitative estimate of drug-likeness (QED) is 0.355. The van der Waals surface area contributed by atoms with E-state index < -0.39 is 11.2 Å². The molecule has 0 fully saturated rings. The third kappa shape index (κ3) is 3.89. The molecule has 1 amide bonds. The molecule has 6 rings (SSSR count). The zero-order valence-electron chi connectivity index (χ0n) is 19.7. The summed E-state index contributed by atoms with van der Waals surface area (Å²) in [5.41, 5.74) is 0.852. The number of rotatable bonds is 3.